The first kappa shape index (κ1) is 18.5. The van der Waals surface area contributed by atoms with E-state index in [0.29, 0.717) is 24.2 Å². The van der Waals surface area contributed by atoms with E-state index in [4.69, 9.17) is 9.26 Å². The molecule has 27 heavy (non-hydrogen) atoms. The SMILES string of the molecule is O=C(NCc1noc([C@H]2CCCO2)n1)N(CCC1=CCCCC1)CC1CC1. The zero-order valence-corrected chi connectivity index (χ0v) is 16.0. The van der Waals surface area contributed by atoms with Gasteiger partial charge in [0.1, 0.15) is 6.10 Å². The van der Waals surface area contributed by atoms with E-state index in [-0.39, 0.29) is 12.1 Å². The van der Waals surface area contributed by atoms with Crippen LogP contribution in [0, 0.1) is 5.92 Å². The number of nitrogens with one attached hydrogen (secondary N) is 1. The quantitative estimate of drug-likeness (QED) is 0.701. The van der Waals surface area contributed by atoms with Gasteiger partial charge in [-0.25, -0.2) is 4.79 Å². The number of carbonyl (C=O) groups excluding carboxylic acids is 1. The first-order valence-corrected chi connectivity index (χ1v) is 10.4. The van der Waals surface area contributed by atoms with Gasteiger partial charge in [0.2, 0.25) is 0 Å². The van der Waals surface area contributed by atoms with Crippen LogP contribution in [0.3, 0.4) is 0 Å². The second-order valence-corrected chi connectivity index (χ2v) is 7.96. The first-order chi connectivity index (χ1) is 13.3. The summed E-state index contributed by atoms with van der Waals surface area (Å²) in [5.41, 5.74) is 1.51. The van der Waals surface area contributed by atoms with Gasteiger partial charge in [0.15, 0.2) is 5.82 Å². The van der Waals surface area contributed by atoms with Gasteiger partial charge in [0.25, 0.3) is 5.89 Å². The molecule has 148 valence electrons. The van der Waals surface area contributed by atoms with Crippen LogP contribution >= 0.6 is 0 Å². The van der Waals surface area contributed by atoms with E-state index in [1.54, 1.807) is 0 Å². The molecule has 1 N–H and O–H groups in total. The predicted octanol–water partition coefficient (Wildman–Crippen LogP) is 3.73. The number of hydrogen-bond acceptors (Lipinski definition) is 5. The maximum atomic E-state index is 12.7. The summed E-state index contributed by atoms with van der Waals surface area (Å²) in [7, 11) is 0. The van der Waals surface area contributed by atoms with Crippen molar-refractivity contribution in [3.63, 3.8) is 0 Å². The van der Waals surface area contributed by atoms with Crippen LogP contribution in [0.4, 0.5) is 4.79 Å². The molecule has 1 saturated carbocycles. The summed E-state index contributed by atoms with van der Waals surface area (Å²) in [4.78, 5) is 19.0. The smallest absolute Gasteiger partial charge is 0.317 e. The van der Waals surface area contributed by atoms with Crippen molar-refractivity contribution in [2.75, 3.05) is 19.7 Å². The van der Waals surface area contributed by atoms with E-state index >= 15 is 0 Å². The Morgan fingerprint density at radius 2 is 2.19 bits per heavy atom. The molecule has 0 spiro atoms. The molecular formula is C20H30N4O3. The van der Waals surface area contributed by atoms with Gasteiger partial charge < -0.3 is 19.5 Å². The molecule has 4 rings (SSSR count). The van der Waals surface area contributed by atoms with E-state index in [9.17, 15) is 4.79 Å². The van der Waals surface area contributed by atoms with Gasteiger partial charge in [-0.15, -0.1) is 0 Å². The fraction of sp³-hybridized carbons (Fsp3) is 0.750. The van der Waals surface area contributed by atoms with Crippen LogP contribution in [0.25, 0.3) is 0 Å². The number of urea groups is 1. The lowest BCUT2D eigenvalue weighted by Crippen LogP contribution is -2.41. The van der Waals surface area contributed by atoms with Crippen LogP contribution < -0.4 is 5.32 Å². The molecule has 1 aromatic rings. The third-order valence-corrected chi connectivity index (χ3v) is 5.64. The van der Waals surface area contributed by atoms with Gasteiger partial charge in [-0.1, -0.05) is 16.8 Å². The highest BCUT2D eigenvalue weighted by atomic mass is 16.5. The summed E-state index contributed by atoms with van der Waals surface area (Å²) in [6.45, 7) is 2.68. The van der Waals surface area contributed by atoms with Crippen molar-refractivity contribution in [2.45, 2.75) is 70.4 Å². The number of hydrogen-bond donors (Lipinski definition) is 1. The molecule has 1 saturated heterocycles. The maximum Gasteiger partial charge on any atom is 0.317 e. The Morgan fingerprint density at radius 1 is 1.26 bits per heavy atom. The van der Waals surface area contributed by atoms with Crippen LogP contribution in [-0.4, -0.2) is 40.8 Å². The molecule has 0 bridgehead atoms. The van der Waals surface area contributed by atoms with Crippen LogP contribution in [0.5, 0.6) is 0 Å². The molecule has 0 radical (unpaired) electrons. The van der Waals surface area contributed by atoms with E-state index in [0.717, 1.165) is 39.0 Å². The minimum Gasteiger partial charge on any atom is -0.368 e. The van der Waals surface area contributed by atoms with Gasteiger partial charge in [-0.3, -0.25) is 0 Å². The summed E-state index contributed by atoms with van der Waals surface area (Å²) in [5.74, 6) is 1.71. The number of aromatic nitrogens is 2. The Morgan fingerprint density at radius 3 is 2.93 bits per heavy atom. The second kappa shape index (κ2) is 8.87. The molecule has 1 atom stereocenters. The zero-order chi connectivity index (χ0) is 18.5. The van der Waals surface area contributed by atoms with Crippen molar-refractivity contribution in [3.8, 4) is 0 Å². The number of carbonyl (C=O) groups is 1. The summed E-state index contributed by atoms with van der Waals surface area (Å²) in [6, 6.07) is -0.0261. The maximum absolute atomic E-state index is 12.7. The Kier molecular flexibility index (Phi) is 6.07. The molecule has 2 heterocycles. The molecule has 1 aliphatic heterocycles. The van der Waals surface area contributed by atoms with Crippen molar-refractivity contribution in [3.05, 3.63) is 23.4 Å². The molecule has 7 heteroatoms. The van der Waals surface area contributed by atoms with Crippen molar-refractivity contribution in [1.82, 2.24) is 20.4 Å². The van der Waals surface area contributed by atoms with Crippen LogP contribution in [0.1, 0.15) is 75.6 Å². The lowest BCUT2D eigenvalue weighted by atomic mass is 9.97. The predicted molar refractivity (Wildman–Crippen MR) is 99.9 cm³/mol. The summed E-state index contributed by atoms with van der Waals surface area (Å²) in [5, 5.41) is 6.94. The molecule has 2 amide bonds. The van der Waals surface area contributed by atoms with Crippen molar-refractivity contribution in [2.24, 2.45) is 5.92 Å². The molecule has 3 aliphatic rings. The van der Waals surface area contributed by atoms with Crippen LogP contribution in [0.2, 0.25) is 0 Å². The van der Waals surface area contributed by atoms with Crippen molar-refractivity contribution in [1.29, 1.82) is 0 Å². The lowest BCUT2D eigenvalue weighted by molar-refractivity contribution is 0.0835. The monoisotopic (exact) mass is 374 g/mol. The molecule has 2 fully saturated rings. The van der Waals surface area contributed by atoms with Crippen LogP contribution in [0.15, 0.2) is 16.2 Å². The molecule has 0 unspecified atom stereocenters. The standard InChI is InChI=1S/C20H30N4O3/c25-20(21-13-18-22-19(27-23-18)17-7-4-12-26-17)24(14-16-8-9-16)11-10-15-5-2-1-3-6-15/h5,16-17H,1-4,6-14H2,(H,21,25)/t17-/m1/s1. The topological polar surface area (TPSA) is 80.5 Å². The first-order valence-electron chi connectivity index (χ1n) is 10.4. The minimum atomic E-state index is -0.0860. The number of nitrogens with zero attached hydrogens (tertiary/aromatic N) is 3. The van der Waals surface area contributed by atoms with Crippen LogP contribution in [-0.2, 0) is 11.3 Å². The normalized spacial score (nSPS) is 22.5. The third-order valence-electron chi connectivity index (χ3n) is 5.64. The van der Waals surface area contributed by atoms with E-state index in [1.807, 2.05) is 4.90 Å². The van der Waals surface area contributed by atoms with E-state index < -0.39 is 0 Å². The number of rotatable bonds is 8. The lowest BCUT2D eigenvalue weighted by Gasteiger charge is -2.24. The number of allylic oxidation sites excluding steroid dienone is 1. The molecule has 1 aromatic heterocycles. The average Bonchev–Trinajstić information content (AvgIpc) is 3.16. The largest absolute Gasteiger partial charge is 0.368 e. The highest BCUT2D eigenvalue weighted by molar-refractivity contribution is 5.74. The Bertz CT molecular complexity index is 662. The minimum absolute atomic E-state index is 0.0261. The molecule has 0 aromatic carbocycles. The fourth-order valence-electron chi connectivity index (χ4n) is 3.81. The van der Waals surface area contributed by atoms with Gasteiger partial charge in [0, 0.05) is 19.7 Å². The van der Waals surface area contributed by atoms with Gasteiger partial charge in [0.05, 0.1) is 6.54 Å². The van der Waals surface area contributed by atoms with E-state index in [1.165, 1.54) is 44.1 Å². The molecule has 2 aliphatic carbocycles. The van der Waals surface area contributed by atoms with Gasteiger partial charge in [-0.2, -0.15) is 4.98 Å². The summed E-state index contributed by atoms with van der Waals surface area (Å²) in [6.07, 6.45) is 12.6. The number of amides is 2. The van der Waals surface area contributed by atoms with E-state index in [2.05, 4.69) is 21.5 Å². The Hall–Kier alpha value is -1.89. The third kappa shape index (κ3) is 5.31. The zero-order valence-electron chi connectivity index (χ0n) is 16.0. The highest BCUT2D eigenvalue weighted by Crippen LogP contribution is 2.30. The fourth-order valence-corrected chi connectivity index (χ4v) is 3.81. The van der Waals surface area contributed by atoms with Gasteiger partial charge >= 0.3 is 6.03 Å². The van der Waals surface area contributed by atoms with Crippen molar-refractivity contribution >= 4 is 6.03 Å². The highest BCUT2D eigenvalue weighted by Gasteiger charge is 2.27. The molecular weight excluding hydrogens is 344 g/mol. The second-order valence-electron chi connectivity index (χ2n) is 7.96. The van der Waals surface area contributed by atoms with Gasteiger partial charge in [-0.05, 0) is 63.7 Å². The molecule has 7 nitrogen and oxygen atoms in total. The Labute approximate surface area is 160 Å². The summed E-state index contributed by atoms with van der Waals surface area (Å²) < 4.78 is 10.8. The number of ether oxygens (including phenoxy) is 1. The Balaban J connectivity index is 1.27. The average molecular weight is 374 g/mol. The summed E-state index contributed by atoms with van der Waals surface area (Å²) >= 11 is 0. The van der Waals surface area contributed by atoms with Crippen molar-refractivity contribution < 1.29 is 14.1 Å².